The molecule has 0 radical (unpaired) electrons. The molecule has 0 aromatic heterocycles. The highest BCUT2D eigenvalue weighted by Crippen LogP contribution is 2.12. The number of carbonyl (C=O) groups is 1. The third-order valence-corrected chi connectivity index (χ3v) is 2.14. The van der Waals surface area contributed by atoms with Gasteiger partial charge in [-0.05, 0) is 12.1 Å². The van der Waals surface area contributed by atoms with Gasteiger partial charge in [0.1, 0.15) is 5.82 Å². The summed E-state index contributed by atoms with van der Waals surface area (Å²) < 4.78 is 13.3. The lowest BCUT2D eigenvalue weighted by Crippen LogP contribution is -2.39. The molecule has 0 spiro atoms. The van der Waals surface area contributed by atoms with E-state index in [4.69, 9.17) is 10.2 Å². The van der Waals surface area contributed by atoms with Gasteiger partial charge in [-0.15, -0.1) is 0 Å². The van der Waals surface area contributed by atoms with Crippen LogP contribution in [0.15, 0.2) is 24.3 Å². The molecular formula is C11H15FN2O3. The Balaban J connectivity index is 2.66. The van der Waals surface area contributed by atoms with Crippen molar-refractivity contribution in [3.05, 3.63) is 30.1 Å². The van der Waals surface area contributed by atoms with E-state index in [9.17, 15) is 9.18 Å². The number of halogens is 1. The number of carbonyl (C=O) groups excluding carboxylic acids is 1. The summed E-state index contributed by atoms with van der Waals surface area (Å²) in [5.41, 5.74) is 0.0679. The molecule has 1 aromatic carbocycles. The first kappa shape index (κ1) is 13.4. The number of urea groups is 1. The Morgan fingerprint density at radius 2 is 1.82 bits per heavy atom. The van der Waals surface area contributed by atoms with Gasteiger partial charge in [0, 0.05) is 13.1 Å². The molecule has 0 saturated carbocycles. The van der Waals surface area contributed by atoms with E-state index in [0.717, 1.165) is 0 Å². The number of benzene rings is 1. The van der Waals surface area contributed by atoms with Crippen molar-refractivity contribution >= 4 is 11.7 Å². The number of amides is 2. The van der Waals surface area contributed by atoms with Crippen molar-refractivity contribution < 1.29 is 19.4 Å². The fraction of sp³-hybridized carbons (Fsp3) is 0.364. The maximum absolute atomic E-state index is 13.3. The zero-order chi connectivity index (χ0) is 12.7. The Bertz CT molecular complexity index is 367. The minimum absolute atomic E-state index is 0.0679. The Morgan fingerprint density at radius 1 is 1.24 bits per heavy atom. The molecule has 1 rings (SSSR count). The zero-order valence-electron chi connectivity index (χ0n) is 9.27. The van der Waals surface area contributed by atoms with Crippen molar-refractivity contribution in [2.45, 2.75) is 0 Å². The van der Waals surface area contributed by atoms with E-state index in [0.29, 0.717) is 0 Å². The summed E-state index contributed by atoms with van der Waals surface area (Å²) in [7, 11) is 0. The topological polar surface area (TPSA) is 72.8 Å². The van der Waals surface area contributed by atoms with Crippen molar-refractivity contribution in [1.82, 2.24) is 4.90 Å². The number of nitrogens with one attached hydrogen (secondary N) is 1. The second-order valence-corrected chi connectivity index (χ2v) is 3.34. The molecule has 3 N–H and O–H groups in total. The molecule has 0 fully saturated rings. The second kappa shape index (κ2) is 6.82. The largest absolute Gasteiger partial charge is 0.395 e. The summed E-state index contributed by atoms with van der Waals surface area (Å²) in [6.07, 6.45) is 0. The quantitative estimate of drug-likeness (QED) is 0.709. The number of para-hydroxylation sites is 1. The van der Waals surface area contributed by atoms with Gasteiger partial charge in [-0.1, -0.05) is 12.1 Å². The van der Waals surface area contributed by atoms with Crippen LogP contribution in [-0.2, 0) is 0 Å². The average molecular weight is 242 g/mol. The molecule has 1 aromatic rings. The monoisotopic (exact) mass is 242 g/mol. The molecule has 5 nitrogen and oxygen atoms in total. The molecule has 0 unspecified atom stereocenters. The van der Waals surface area contributed by atoms with Crippen LogP contribution in [0, 0.1) is 5.82 Å². The minimum Gasteiger partial charge on any atom is -0.395 e. The van der Waals surface area contributed by atoms with Gasteiger partial charge in [0.25, 0.3) is 0 Å². The summed E-state index contributed by atoms with van der Waals surface area (Å²) in [4.78, 5) is 12.9. The molecule has 2 amide bonds. The molecule has 0 atom stereocenters. The smallest absolute Gasteiger partial charge is 0.322 e. The molecule has 0 bridgehead atoms. The number of aliphatic hydroxyl groups excluding tert-OH is 2. The molecule has 0 saturated heterocycles. The van der Waals surface area contributed by atoms with Crippen LogP contribution in [-0.4, -0.2) is 47.4 Å². The maximum Gasteiger partial charge on any atom is 0.322 e. The van der Waals surface area contributed by atoms with Crippen LogP contribution in [0.5, 0.6) is 0 Å². The van der Waals surface area contributed by atoms with E-state index in [1.807, 2.05) is 0 Å². The van der Waals surface area contributed by atoms with Crippen LogP contribution in [0.2, 0.25) is 0 Å². The highest BCUT2D eigenvalue weighted by atomic mass is 19.1. The molecule has 0 aliphatic heterocycles. The predicted octanol–water partition coefficient (Wildman–Crippen LogP) is 0.644. The normalized spacial score (nSPS) is 10.1. The number of nitrogens with zero attached hydrogens (tertiary/aromatic N) is 1. The lowest BCUT2D eigenvalue weighted by Gasteiger charge is -2.21. The average Bonchev–Trinajstić information content (AvgIpc) is 2.32. The second-order valence-electron chi connectivity index (χ2n) is 3.34. The van der Waals surface area contributed by atoms with Crippen molar-refractivity contribution in [3.63, 3.8) is 0 Å². The minimum atomic E-state index is -0.557. The number of aliphatic hydroxyl groups is 2. The van der Waals surface area contributed by atoms with E-state index in [1.54, 1.807) is 6.07 Å². The molecule has 17 heavy (non-hydrogen) atoms. The first-order chi connectivity index (χ1) is 8.19. The summed E-state index contributed by atoms with van der Waals surface area (Å²) in [5.74, 6) is -0.534. The fourth-order valence-corrected chi connectivity index (χ4v) is 1.31. The standard InChI is InChI=1S/C11H15FN2O3/c12-9-3-1-2-4-10(9)13-11(17)14(5-7-15)6-8-16/h1-4,15-16H,5-8H2,(H,13,17). The number of hydrogen-bond donors (Lipinski definition) is 3. The van der Waals surface area contributed by atoms with Crippen molar-refractivity contribution in [2.24, 2.45) is 0 Å². The molecule has 0 aliphatic rings. The van der Waals surface area contributed by atoms with Crippen LogP contribution >= 0.6 is 0 Å². The summed E-state index contributed by atoms with van der Waals surface area (Å²) in [6, 6.07) is 5.23. The van der Waals surface area contributed by atoms with Gasteiger partial charge in [0.15, 0.2) is 0 Å². The van der Waals surface area contributed by atoms with Gasteiger partial charge in [-0.2, -0.15) is 0 Å². The van der Waals surface area contributed by atoms with Crippen LogP contribution in [0.3, 0.4) is 0 Å². The van der Waals surface area contributed by atoms with Crippen molar-refractivity contribution in [1.29, 1.82) is 0 Å². The summed E-state index contributed by atoms with van der Waals surface area (Å²) in [6.45, 7) is -0.267. The van der Waals surface area contributed by atoms with Gasteiger partial charge in [0.2, 0.25) is 0 Å². The Kier molecular flexibility index (Phi) is 5.38. The highest BCUT2D eigenvalue weighted by Gasteiger charge is 2.13. The third kappa shape index (κ3) is 4.01. The lowest BCUT2D eigenvalue weighted by atomic mass is 10.3. The molecular weight excluding hydrogens is 227 g/mol. The molecule has 94 valence electrons. The fourth-order valence-electron chi connectivity index (χ4n) is 1.31. The first-order valence-electron chi connectivity index (χ1n) is 5.21. The SMILES string of the molecule is O=C(Nc1ccccc1F)N(CCO)CCO. The van der Waals surface area contributed by atoms with E-state index in [-0.39, 0.29) is 32.0 Å². The summed E-state index contributed by atoms with van der Waals surface area (Å²) in [5, 5.41) is 19.9. The molecule has 0 heterocycles. The van der Waals surface area contributed by atoms with Crippen LogP contribution in [0.25, 0.3) is 0 Å². The Labute approximate surface area is 98.5 Å². The van der Waals surface area contributed by atoms with Crippen molar-refractivity contribution in [2.75, 3.05) is 31.6 Å². The molecule has 0 aliphatic carbocycles. The predicted molar refractivity (Wildman–Crippen MR) is 61.2 cm³/mol. The van der Waals surface area contributed by atoms with Gasteiger partial charge in [0.05, 0.1) is 18.9 Å². The lowest BCUT2D eigenvalue weighted by molar-refractivity contribution is 0.167. The number of anilines is 1. The molecule has 6 heteroatoms. The van der Waals surface area contributed by atoms with E-state index in [2.05, 4.69) is 5.32 Å². The first-order valence-corrected chi connectivity index (χ1v) is 5.21. The van der Waals surface area contributed by atoms with E-state index in [1.165, 1.54) is 23.1 Å². The van der Waals surface area contributed by atoms with Gasteiger partial charge >= 0.3 is 6.03 Å². The Hall–Kier alpha value is -1.66. The summed E-state index contributed by atoms with van der Waals surface area (Å²) >= 11 is 0. The van der Waals surface area contributed by atoms with Crippen LogP contribution in [0.4, 0.5) is 14.9 Å². The van der Waals surface area contributed by atoms with Gasteiger partial charge in [-0.25, -0.2) is 9.18 Å². The maximum atomic E-state index is 13.3. The third-order valence-electron chi connectivity index (χ3n) is 2.14. The van der Waals surface area contributed by atoms with Gasteiger partial charge < -0.3 is 20.4 Å². The Morgan fingerprint density at radius 3 is 2.35 bits per heavy atom. The zero-order valence-corrected chi connectivity index (χ0v) is 9.27. The van der Waals surface area contributed by atoms with Crippen LogP contribution < -0.4 is 5.32 Å². The number of rotatable bonds is 5. The van der Waals surface area contributed by atoms with Gasteiger partial charge in [-0.3, -0.25) is 0 Å². The van der Waals surface area contributed by atoms with Crippen molar-refractivity contribution in [3.8, 4) is 0 Å². The highest BCUT2D eigenvalue weighted by molar-refractivity contribution is 5.89. The van der Waals surface area contributed by atoms with E-state index < -0.39 is 11.8 Å². The van der Waals surface area contributed by atoms with E-state index >= 15 is 0 Å². The number of hydrogen-bond acceptors (Lipinski definition) is 3. The van der Waals surface area contributed by atoms with Crippen LogP contribution in [0.1, 0.15) is 0 Å².